The van der Waals surface area contributed by atoms with Gasteiger partial charge in [0.2, 0.25) is 0 Å². The van der Waals surface area contributed by atoms with Gasteiger partial charge in [-0.15, -0.1) is 0 Å². The van der Waals surface area contributed by atoms with Crippen LogP contribution in [-0.4, -0.2) is 0 Å². The van der Waals surface area contributed by atoms with Crippen LogP contribution >= 0.6 is 0 Å². The van der Waals surface area contributed by atoms with Crippen molar-refractivity contribution < 1.29 is 0 Å². The molecule has 64 valence electrons. The molecule has 4 rings (SSSR count). The Morgan fingerprint density at radius 3 is 1.85 bits per heavy atom. The molecule has 0 nitrogen and oxygen atoms in total. The van der Waals surface area contributed by atoms with E-state index in [1.54, 1.807) is 22.3 Å². The fraction of sp³-hybridized carbons (Fsp3) is 0.385. The molecular formula is C13H12. The van der Waals surface area contributed by atoms with Crippen LogP contribution in [0.25, 0.3) is 0 Å². The van der Waals surface area contributed by atoms with E-state index in [2.05, 4.69) is 24.3 Å². The zero-order valence-corrected chi connectivity index (χ0v) is 7.59. The molecule has 13 heavy (non-hydrogen) atoms. The molecule has 2 atom stereocenters. The second-order valence-electron chi connectivity index (χ2n) is 4.58. The van der Waals surface area contributed by atoms with Crippen molar-refractivity contribution in [1.82, 2.24) is 0 Å². The lowest BCUT2D eigenvalue weighted by molar-refractivity contribution is 0.804. The van der Waals surface area contributed by atoms with Crippen LogP contribution in [0.1, 0.15) is 40.5 Å². The molecule has 2 bridgehead atoms. The Hall–Kier alpha value is -1.04. The predicted molar refractivity (Wildman–Crippen MR) is 53.1 cm³/mol. The summed E-state index contributed by atoms with van der Waals surface area (Å²) in [4.78, 5) is 0. The molecule has 3 aliphatic rings. The van der Waals surface area contributed by atoms with E-state index in [1.807, 2.05) is 0 Å². The number of benzene rings is 1. The number of rotatable bonds is 0. The van der Waals surface area contributed by atoms with Gasteiger partial charge in [-0.05, 0) is 41.5 Å². The van der Waals surface area contributed by atoms with Crippen molar-refractivity contribution in [3.63, 3.8) is 0 Å². The van der Waals surface area contributed by atoms with Gasteiger partial charge in [-0.1, -0.05) is 24.3 Å². The first-order valence-corrected chi connectivity index (χ1v) is 5.26. The second kappa shape index (κ2) is 1.89. The molecule has 0 heteroatoms. The minimum atomic E-state index is 0.769. The summed E-state index contributed by atoms with van der Waals surface area (Å²) < 4.78 is 0. The van der Waals surface area contributed by atoms with E-state index in [-0.39, 0.29) is 0 Å². The number of allylic oxidation sites excluding steroid dienone is 2. The van der Waals surface area contributed by atoms with Gasteiger partial charge in [-0.2, -0.15) is 0 Å². The van der Waals surface area contributed by atoms with Gasteiger partial charge in [-0.25, -0.2) is 0 Å². The average molecular weight is 168 g/mol. The van der Waals surface area contributed by atoms with E-state index < -0.39 is 0 Å². The maximum Gasteiger partial charge on any atom is 0.00300 e. The molecule has 0 spiro atoms. The van der Waals surface area contributed by atoms with Crippen LogP contribution in [-0.2, 0) is 12.8 Å². The van der Waals surface area contributed by atoms with Crippen LogP contribution in [0.2, 0.25) is 0 Å². The maximum atomic E-state index is 2.47. The maximum absolute atomic E-state index is 2.47. The highest BCUT2D eigenvalue weighted by Crippen LogP contribution is 2.50. The van der Waals surface area contributed by atoms with Crippen LogP contribution in [0.3, 0.4) is 0 Å². The number of aryl methyl sites for hydroxylation is 2. The topological polar surface area (TPSA) is 0 Å². The van der Waals surface area contributed by atoms with Crippen LogP contribution in [0.15, 0.2) is 24.3 Å². The Morgan fingerprint density at radius 1 is 0.846 bits per heavy atom. The number of fused-ring (bicyclic) bond motifs is 6. The van der Waals surface area contributed by atoms with Crippen LogP contribution < -0.4 is 0 Å². The van der Waals surface area contributed by atoms with Gasteiger partial charge < -0.3 is 0 Å². The molecule has 0 aromatic heterocycles. The Kier molecular flexibility index (Phi) is 0.935. The largest absolute Gasteiger partial charge is 0.0804 e. The summed E-state index contributed by atoms with van der Waals surface area (Å²) in [5, 5.41) is 0. The second-order valence-corrected chi connectivity index (χ2v) is 4.58. The van der Waals surface area contributed by atoms with Crippen LogP contribution in [0.5, 0.6) is 0 Å². The third kappa shape index (κ3) is 0.644. The van der Waals surface area contributed by atoms with E-state index in [0.717, 1.165) is 11.8 Å². The SMILES string of the molecule is C1=CC2CC1c1cc3c(cc12)CC3. The fourth-order valence-electron chi connectivity index (χ4n) is 3.09. The molecule has 1 aromatic carbocycles. The third-order valence-electron chi connectivity index (χ3n) is 3.95. The molecule has 0 fully saturated rings. The van der Waals surface area contributed by atoms with E-state index >= 15 is 0 Å². The van der Waals surface area contributed by atoms with Crippen molar-refractivity contribution in [2.75, 3.05) is 0 Å². The van der Waals surface area contributed by atoms with Crippen LogP contribution in [0, 0.1) is 0 Å². The van der Waals surface area contributed by atoms with Crippen LogP contribution in [0.4, 0.5) is 0 Å². The molecule has 0 saturated carbocycles. The first kappa shape index (κ1) is 6.42. The summed E-state index contributed by atoms with van der Waals surface area (Å²) in [6.45, 7) is 0. The molecule has 0 saturated heterocycles. The van der Waals surface area contributed by atoms with Crippen molar-refractivity contribution in [3.8, 4) is 0 Å². The lowest BCUT2D eigenvalue weighted by Gasteiger charge is -2.22. The van der Waals surface area contributed by atoms with Crippen molar-refractivity contribution in [2.45, 2.75) is 31.1 Å². The molecule has 3 aliphatic carbocycles. The van der Waals surface area contributed by atoms with Crippen molar-refractivity contribution in [1.29, 1.82) is 0 Å². The highest BCUT2D eigenvalue weighted by molar-refractivity contribution is 5.53. The lowest BCUT2D eigenvalue weighted by atomic mass is 9.82. The Balaban J connectivity index is 2.02. The monoisotopic (exact) mass is 168 g/mol. The minimum Gasteiger partial charge on any atom is -0.0804 e. The molecule has 0 aliphatic heterocycles. The summed E-state index contributed by atoms with van der Waals surface area (Å²) in [6, 6.07) is 4.95. The molecule has 0 heterocycles. The van der Waals surface area contributed by atoms with Gasteiger partial charge in [0.05, 0.1) is 0 Å². The van der Waals surface area contributed by atoms with Gasteiger partial charge >= 0.3 is 0 Å². The van der Waals surface area contributed by atoms with E-state index in [4.69, 9.17) is 0 Å². The smallest absolute Gasteiger partial charge is 0.00300 e. The molecular weight excluding hydrogens is 156 g/mol. The highest BCUT2D eigenvalue weighted by atomic mass is 14.4. The predicted octanol–water partition coefficient (Wildman–Crippen LogP) is 2.93. The standard InChI is InChI=1S/C13H12/c1-2-9-7-13-11-4-3-10(5-11)12(13)6-8(1)9/h3-4,6-7,10-11H,1-2,5H2. The highest BCUT2D eigenvalue weighted by Gasteiger charge is 2.34. The third-order valence-corrected chi connectivity index (χ3v) is 3.95. The molecule has 0 radical (unpaired) electrons. The Morgan fingerprint density at radius 2 is 1.38 bits per heavy atom. The summed E-state index contributed by atoms with van der Waals surface area (Å²) in [7, 11) is 0. The first-order chi connectivity index (χ1) is 6.42. The van der Waals surface area contributed by atoms with E-state index in [1.165, 1.54) is 19.3 Å². The zero-order valence-electron chi connectivity index (χ0n) is 7.59. The fourth-order valence-corrected chi connectivity index (χ4v) is 3.09. The molecule has 2 unspecified atom stereocenters. The Labute approximate surface area is 78.3 Å². The summed E-state index contributed by atoms with van der Waals surface area (Å²) >= 11 is 0. The van der Waals surface area contributed by atoms with Gasteiger partial charge in [0.1, 0.15) is 0 Å². The molecule has 1 aromatic rings. The van der Waals surface area contributed by atoms with Gasteiger partial charge in [0.25, 0.3) is 0 Å². The van der Waals surface area contributed by atoms with Gasteiger partial charge in [-0.3, -0.25) is 0 Å². The first-order valence-electron chi connectivity index (χ1n) is 5.26. The minimum absolute atomic E-state index is 0.769. The zero-order chi connectivity index (χ0) is 8.41. The summed E-state index contributed by atoms with van der Waals surface area (Å²) in [5.74, 6) is 1.54. The summed E-state index contributed by atoms with van der Waals surface area (Å²) in [5.41, 5.74) is 6.54. The van der Waals surface area contributed by atoms with Gasteiger partial charge in [0.15, 0.2) is 0 Å². The van der Waals surface area contributed by atoms with Gasteiger partial charge in [0, 0.05) is 11.8 Å². The lowest BCUT2D eigenvalue weighted by Crippen LogP contribution is -2.10. The number of hydrogen-bond acceptors (Lipinski definition) is 0. The Bertz CT molecular complexity index is 387. The van der Waals surface area contributed by atoms with Crippen molar-refractivity contribution in [3.05, 3.63) is 46.5 Å². The van der Waals surface area contributed by atoms with E-state index in [0.29, 0.717) is 0 Å². The molecule has 0 amide bonds. The molecule has 0 N–H and O–H groups in total. The van der Waals surface area contributed by atoms with E-state index in [9.17, 15) is 0 Å². The quantitative estimate of drug-likeness (QED) is 0.522. The average Bonchev–Trinajstić information content (AvgIpc) is 2.67. The summed E-state index contributed by atoms with van der Waals surface area (Å²) in [6.07, 6.45) is 8.81. The van der Waals surface area contributed by atoms with Crippen molar-refractivity contribution in [2.24, 2.45) is 0 Å². The van der Waals surface area contributed by atoms with Crippen molar-refractivity contribution >= 4 is 0 Å². The number of hydrogen-bond donors (Lipinski definition) is 0. The normalized spacial score (nSPS) is 31.4.